The molecule has 0 bridgehead atoms. The van der Waals surface area contributed by atoms with Gasteiger partial charge in [-0.25, -0.2) is 9.59 Å². The van der Waals surface area contributed by atoms with Crippen molar-refractivity contribution >= 4 is 35.2 Å². The van der Waals surface area contributed by atoms with Gasteiger partial charge in [0.1, 0.15) is 5.60 Å². The number of benzene rings is 1. The van der Waals surface area contributed by atoms with Crippen LogP contribution in [0.15, 0.2) is 34.3 Å². The van der Waals surface area contributed by atoms with E-state index in [9.17, 15) is 18.4 Å². The van der Waals surface area contributed by atoms with Crippen LogP contribution in [0, 0.1) is 0 Å². The SMILES string of the molecule is COC(=O)C1=NOC2(CCN(C(=O)Nc3cccc(SC(F)F)c3)CC2)C1. The van der Waals surface area contributed by atoms with Gasteiger partial charge in [0, 0.05) is 42.9 Å². The summed E-state index contributed by atoms with van der Waals surface area (Å²) in [5.74, 6) is -3.02. The largest absolute Gasteiger partial charge is 0.464 e. The number of carbonyl (C=O) groups excluding carboxylic acids is 2. The maximum atomic E-state index is 12.5. The molecule has 2 heterocycles. The van der Waals surface area contributed by atoms with Crippen LogP contribution in [0.1, 0.15) is 19.3 Å². The zero-order valence-electron chi connectivity index (χ0n) is 14.6. The smallest absolute Gasteiger partial charge is 0.355 e. The molecule has 1 saturated heterocycles. The Morgan fingerprint density at radius 3 is 2.78 bits per heavy atom. The normalized spacial score (nSPS) is 18.2. The van der Waals surface area contributed by atoms with Crippen LogP contribution in [-0.2, 0) is 14.4 Å². The van der Waals surface area contributed by atoms with Crippen LogP contribution in [0.4, 0.5) is 19.3 Å². The van der Waals surface area contributed by atoms with Gasteiger partial charge in [-0.1, -0.05) is 23.0 Å². The molecule has 1 spiro atoms. The Labute approximate surface area is 159 Å². The fraction of sp³-hybridized carbons (Fsp3) is 0.471. The molecule has 0 unspecified atom stereocenters. The standard InChI is InChI=1S/C17H19F2N3O4S/c1-25-14(23)13-10-17(26-21-13)5-7-22(8-6-17)16(24)20-11-3-2-4-12(9-11)27-15(18)19/h2-4,9,15H,5-8,10H2,1H3,(H,20,24). The molecule has 0 saturated carbocycles. The number of rotatable bonds is 4. The molecule has 0 aliphatic carbocycles. The average Bonchev–Trinajstić information content (AvgIpc) is 3.05. The number of halogens is 2. The molecule has 0 atom stereocenters. The van der Waals surface area contributed by atoms with Crippen molar-refractivity contribution in [3.63, 3.8) is 0 Å². The summed E-state index contributed by atoms with van der Waals surface area (Å²) >= 11 is 0.427. The molecular weight excluding hydrogens is 380 g/mol. The van der Waals surface area contributed by atoms with E-state index in [4.69, 9.17) is 4.84 Å². The van der Waals surface area contributed by atoms with Gasteiger partial charge in [0.25, 0.3) is 5.76 Å². The highest BCUT2D eigenvalue weighted by molar-refractivity contribution is 7.99. The van der Waals surface area contributed by atoms with Crippen LogP contribution in [0.3, 0.4) is 0 Å². The first-order valence-corrected chi connectivity index (χ1v) is 9.23. The highest BCUT2D eigenvalue weighted by Gasteiger charge is 2.44. The van der Waals surface area contributed by atoms with Crippen molar-refractivity contribution in [3.8, 4) is 0 Å². The van der Waals surface area contributed by atoms with Gasteiger partial charge in [-0.15, -0.1) is 0 Å². The second-order valence-corrected chi connectivity index (χ2v) is 7.37. The van der Waals surface area contributed by atoms with E-state index < -0.39 is 17.3 Å². The molecule has 3 rings (SSSR count). The second kappa shape index (κ2) is 8.12. The third kappa shape index (κ3) is 4.68. The van der Waals surface area contributed by atoms with Crippen molar-refractivity contribution in [2.75, 3.05) is 25.5 Å². The third-order valence-electron chi connectivity index (χ3n) is 4.53. The van der Waals surface area contributed by atoms with Crippen LogP contribution in [-0.4, -0.2) is 54.2 Å². The van der Waals surface area contributed by atoms with Gasteiger partial charge in [0.15, 0.2) is 5.71 Å². The summed E-state index contributed by atoms with van der Waals surface area (Å²) in [5.41, 5.74) is 0.136. The molecule has 1 aromatic carbocycles. The minimum absolute atomic E-state index is 0.253. The minimum atomic E-state index is -2.52. The number of urea groups is 1. The maximum absolute atomic E-state index is 12.5. The first kappa shape index (κ1) is 19.4. The Balaban J connectivity index is 1.53. The lowest BCUT2D eigenvalue weighted by Gasteiger charge is -2.37. The van der Waals surface area contributed by atoms with Gasteiger partial charge in [-0.3, -0.25) is 0 Å². The Bertz CT molecular complexity index is 751. The number of amides is 2. The van der Waals surface area contributed by atoms with E-state index in [1.54, 1.807) is 23.1 Å². The maximum Gasteiger partial charge on any atom is 0.355 e. The average molecular weight is 399 g/mol. The number of anilines is 1. The molecule has 1 aromatic rings. The molecule has 1 N–H and O–H groups in total. The first-order valence-electron chi connectivity index (χ1n) is 8.35. The number of thioether (sulfide) groups is 1. The zero-order chi connectivity index (χ0) is 19.4. The van der Waals surface area contributed by atoms with Crippen molar-refractivity contribution in [3.05, 3.63) is 24.3 Å². The summed E-state index contributed by atoms with van der Waals surface area (Å²) < 4.78 is 29.6. The number of alkyl halides is 2. The van der Waals surface area contributed by atoms with Crippen molar-refractivity contribution < 1.29 is 27.9 Å². The number of carbonyl (C=O) groups is 2. The van der Waals surface area contributed by atoms with Crippen molar-refractivity contribution in [2.24, 2.45) is 5.16 Å². The fourth-order valence-corrected chi connectivity index (χ4v) is 3.64. The summed E-state index contributed by atoms with van der Waals surface area (Å²) in [6.45, 7) is 0.864. The number of nitrogens with one attached hydrogen (secondary N) is 1. The first-order chi connectivity index (χ1) is 12.9. The molecule has 0 radical (unpaired) electrons. The van der Waals surface area contributed by atoms with Crippen LogP contribution in [0.25, 0.3) is 0 Å². The Kier molecular flexibility index (Phi) is 5.83. The summed E-state index contributed by atoms with van der Waals surface area (Å²) in [5, 5.41) is 6.54. The lowest BCUT2D eigenvalue weighted by atomic mass is 9.87. The Morgan fingerprint density at radius 2 is 2.11 bits per heavy atom. The molecule has 0 aromatic heterocycles. The topological polar surface area (TPSA) is 80.2 Å². The lowest BCUT2D eigenvalue weighted by molar-refractivity contribution is -0.132. The lowest BCUT2D eigenvalue weighted by Crippen LogP contribution is -2.48. The molecule has 2 amide bonds. The van der Waals surface area contributed by atoms with E-state index in [1.165, 1.54) is 13.2 Å². The molecule has 2 aliphatic heterocycles. The molecule has 7 nitrogen and oxygen atoms in total. The van der Waals surface area contributed by atoms with E-state index >= 15 is 0 Å². The van der Waals surface area contributed by atoms with E-state index in [1.807, 2.05) is 0 Å². The number of hydrogen-bond donors (Lipinski definition) is 1. The van der Waals surface area contributed by atoms with Gasteiger partial charge < -0.3 is 19.8 Å². The van der Waals surface area contributed by atoms with E-state index in [0.717, 1.165) is 0 Å². The third-order valence-corrected chi connectivity index (χ3v) is 5.24. The Hall–Kier alpha value is -2.36. The van der Waals surface area contributed by atoms with E-state index in [2.05, 4.69) is 15.2 Å². The summed E-state index contributed by atoms with van der Waals surface area (Å²) in [6, 6.07) is 6.03. The second-order valence-electron chi connectivity index (χ2n) is 6.30. The van der Waals surface area contributed by atoms with Crippen molar-refractivity contribution in [1.29, 1.82) is 0 Å². The molecule has 146 valence electrons. The highest BCUT2D eigenvalue weighted by atomic mass is 32.2. The highest BCUT2D eigenvalue weighted by Crippen LogP contribution is 2.35. The number of hydrogen-bond acceptors (Lipinski definition) is 6. The van der Waals surface area contributed by atoms with Crippen LogP contribution in [0.2, 0.25) is 0 Å². The van der Waals surface area contributed by atoms with Crippen LogP contribution < -0.4 is 5.32 Å². The fourth-order valence-electron chi connectivity index (χ4n) is 3.09. The number of methoxy groups -OCH3 is 1. The van der Waals surface area contributed by atoms with Gasteiger partial charge in [-0.2, -0.15) is 8.78 Å². The van der Waals surface area contributed by atoms with Crippen LogP contribution >= 0.6 is 11.8 Å². The van der Waals surface area contributed by atoms with E-state index in [-0.39, 0.29) is 11.7 Å². The monoisotopic (exact) mass is 399 g/mol. The van der Waals surface area contributed by atoms with Gasteiger partial charge in [0.05, 0.1) is 7.11 Å². The summed E-state index contributed by atoms with van der Waals surface area (Å²) in [7, 11) is 1.29. The number of nitrogens with zero attached hydrogens (tertiary/aromatic N) is 2. The number of ether oxygens (including phenoxy) is 1. The quantitative estimate of drug-likeness (QED) is 0.621. The van der Waals surface area contributed by atoms with Gasteiger partial charge in [-0.05, 0) is 18.2 Å². The van der Waals surface area contributed by atoms with Gasteiger partial charge in [0.2, 0.25) is 0 Å². The van der Waals surface area contributed by atoms with Crippen molar-refractivity contribution in [2.45, 2.75) is 35.5 Å². The van der Waals surface area contributed by atoms with Crippen molar-refractivity contribution in [1.82, 2.24) is 4.90 Å². The summed E-state index contributed by atoms with van der Waals surface area (Å²) in [6.07, 6.45) is 1.43. The predicted molar refractivity (Wildman–Crippen MR) is 96.0 cm³/mol. The Morgan fingerprint density at radius 1 is 1.37 bits per heavy atom. The molecule has 1 fully saturated rings. The minimum Gasteiger partial charge on any atom is -0.464 e. The number of likely N-dealkylation sites (tertiary alicyclic amines) is 1. The molecule has 27 heavy (non-hydrogen) atoms. The molecule has 2 aliphatic rings. The van der Waals surface area contributed by atoms with Crippen LogP contribution in [0.5, 0.6) is 0 Å². The number of piperidine rings is 1. The summed E-state index contributed by atoms with van der Waals surface area (Å²) in [4.78, 5) is 31.5. The van der Waals surface area contributed by atoms with E-state index in [0.29, 0.717) is 54.7 Å². The number of oxime groups is 1. The molecular formula is C17H19F2N3O4S. The number of esters is 1. The van der Waals surface area contributed by atoms with Gasteiger partial charge >= 0.3 is 12.0 Å². The molecule has 10 heteroatoms. The predicted octanol–water partition coefficient (Wildman–Crippen LogP) is 3.32. The zero-order valence-corrected chi connectivity index (χ0v) is 15.4.